The van der Waals surface area contributed by atoms with Gasteiger partial charge in [-0.3, -0.25) is 15.5 Å². The monoisotopic (exact) mass is 586 g/mol. The van der Waals surface area contributed by atoms with Crippen LogP contribution in [0.15, 0.2) is 53.4 Å². The van der Waals surface area contributed by atoms with Crippen molar-refractivity contribution in [3.8, 4) is 5.75 Å². The Hall–Kier alpha value is -3.69. The van der Waals surface area contributed by atoms with E-state index in [0.717, 1.165) is 15.6 Å². The zero-order chi connectivity index (χ0) is 29.0. The zero-order valence-corrected chi connectivity index (χ0v) is 22.1. The molecule has 1 amide bonds. The van der Waals surface area contributed by atoms with Gasteiger partial charge >= 0.3 is 12.1 Å². The number of carboxylic acid groups (broad SMARTS) is 1. The minimum absolute atomic E-state index is 0.00545. The molecule has 10 nitrogen and oxygen atoms in total. The van der Waals surface area contributed by atoms with E-state index in [4.69, 9.17) is 25.8 Å². The van der Waals surface area contributed by atoms with Crippen LogP contribution in [-0.4, -0.2) is 67.9 Å². The first-order valence-corrected chi connectivity index (χ1v) is 13.7. The lowest BCUT2D eigenvalue weighted by molar-refractivity contribution is -0.192. The molecule has 15 heteroatoms. The smallest absolute Gasteiger partial charge is 0.490 e. The number of carbonyl (C=O) groups excluding carboxylic acids is 1. The highest BCUT2D eigenvalue weighted by Crippen LogP contribution is 2.25. The number of carbonyl (C=O) groups is 2. The quantitative estimate of drug-likeness (QED) is 0.231. The van der Waals surface area contributed by atoms with Crippen molar-refractivity contribution >= 4 is 49.7 Å². The van der Waals surface area contributed by atoms with E-state index in [2.05, 4.69) is 5.32 Å². The number of nitrogens with two attached hydrogens (primary N) is 1. The van der Waals surface area contributed by atoms with E-state index in [-0.39, 0.29) is 22.5 Å². The maximum absolute atomic E-state index is 12.9. The zero-order valence-electron chi connectivity index (χ0n) is 20.5. The Morgan fingerprint density at radius 3 is 2.46 bits per heavy atom. The van der Waals surface area contributed by atoms with E-state index in [1.165, 1.54) is 11.3 Å². The number of hydrogen-bond donors (Lipinski definition) is 4. The second-order valence-electron chi connectivity index (χ2n) is 8.42. The molecule has 210 valence electrons. The number of likely N-dealkylation sites (tertiary alicyclic amines) is 1. The second-order valence-corrected chi connectivity index (χ2v) is 11.6. The molecule has 4 rings (SSSR count). The van der Waals surface area contributed by atoms with Crippen LogP contribution in [0, 0.1) is 5.41 Å². The average Bonchev–Trinajstić information content (AvgIpc) is 3.49. The normalized spacial score (nSPS) is 15.6. The van der Waals surface area contributed by atoms with E-state index < -0.39 is 28.0 Å². The molecule has 1 saturated heterocycles. The van der Waals surface area contributed by atoms with Crippen molar-refractivity contribution in [2.45, 2.75) is 30.1 Å². The maximum atomic E-state index is 12.9. The highest BCUT2D eigenvalue weighted by atomic mass is 32.2. The van der Waals surface area contributed by atoms with Crippen LogP contribution in [0.25, 0.3) is 10.8 Å². The van der Waals surface area contributed by atoms with Crippen molar-refractivity contribution in [1.82, 2.24) is 10.2 Å². The number of carboxylic acids is 1. The number of ether oxygens (including phenoxy) is 1. The number of nitrogens with one attached hydrogen (secondary N) is 2. The predicted molar refractivity (Wildman–Crippen MR) is 139 cm³/mol. The summed E-state index contributed by atoms with van der Waals surface area (Å²) in [5.41, 5.74) is 5.50. The Balaban J connectivity index is 0.000000532. The summed E-state index contributed by atoms with van der Waals surface area (Å²) >= 11 is 1.38. The summed E-state index contributed by atoms with van der Waals surface area (Å²) in [6, 6.07) is 13.5. The van der Waals surface area contributed by atoms with Crippen LogP contribution in [0.4, 0.5) is 13.2 Å². The fraction of sp³-hybridized carbons (Fsp3) is 0.292. The van der Waals surface area contributed by atoms with E-state index in [9.17, 15) is 26.4 Å². The molecule has 1 aliphatic heterocycles. The third kappa shape index (κ3) is 7.68. The standard InChI is InChI=1S/C22H24N4O4S2.C2HF3O2/c1-30-16-4-2-14-3-6-18(11-15(14)10-16)32(28,29)13-25-19-8-9-26(22(19)27)12-17-5-7-20(31-17)21(23)24;3-2(4,5)1(6)7/h2-7,10-11,19,25H,8-9,12-13H2,1H3,(H3,23,24);(H,6,7)/t19-;/m0./s1. The summed E-state index contributed by atoms with van der Waals surface area (Å²) in [6.45, 7) is 0.966. The molecular formula is C24H25F3N4O6S2. The number of rotatable bonds is 8. The SMILES string of the molecule is COc1ccc2ccc(S(=O)(=O)CN[C@H]3CCN(Cc4ccc(C(=N)N)s4)C3=O)cc2c1.O=C(O)C(F)(F)F. The second kappa shape index (κ2) is 12.0. The van der Waals surface area contributed by atoms with Crippen molar-refractivity contribution in [3.63, 3.8) is 0 Å². The number of hydrogen-bond acceptors (Lipinski definition) is 8. The van der Waals surface area contributed by atoms with E-state index >= 15 is 0 Å². The molecular weight excluding hydrogens is 561 g/mol. The number of thiophene rings is 1. The number of sulfone groups is 1. The Morgan fingerprint density at radius 1 is 1.21 bits per heavy atom. The highest BCUT2D eigenvalue weighted by molar-refractivity contribution is 7.91. The molecule has 0 unspecified atom stereocenters. The van der Waals surface area contributed by atoms with Gasteiger partial charge in [-0.1, -0.05) is 12.1 Å². The van der Waals surface area contributed by atoms with E-state index in [0.29, 0.717) is 30.1 Å². The van der Waals surface area contributed by atoms with Gasteiger partial charge < -0.3 is 20.5 Å². The number of benzene rings is 2. The van der Waals surface area contributed by atoms with Gasteiger partial charge in [-0.15, -0.1) is 11.3 Å². The summed E-state index contributed by atoms with van der Waals surface area (Å²) < 4.78 is 62.7. The van der Waals surface area contributed by atoms with Crippen molar-refractivity contribution in [1.29, 1.82) is 5.41 Å². The van der Waals surface area contributed by atoms with Gasteiger partial charge in [0.1, 0.15) is 17.5 Å². The fourth-order valence-corrected chi connectivity index (χ4v) is 5.75. The molecule has 2 heterocycles. The predicted octanol–water partition coefficient (Wildman–Crippen LogP) is 2.95. The third-order valence-electron chi connectivity index (χ3n) is 5.71. The lowest BCUT2D eigenvalue weighted by Gasteiger charge is -2.16. The Labute approximate surface area is 225 Å². The van der Waals surface area contributed by atoms with Crippen molar-refractivity contribution in [2.24, 2.45) is 5.73 Å². The topological polar surface area (TPSA) is 163 Å². The summed E-state index contributed by atoms with van der Waals surface area (Å²) in [6.07, 6.45) is -4.55. The molecule has 0 aliphatic carbocycles. The molecule has 0 radical (unpaired) electrons. The summed E-state index contributed by atoms with van der Waals surface area (Å²) in [5, 5.41) is 19.2. The molecule has 39 heavy (non-hydrogen) atoms. The summed E-state index contributed by atoms with van der Waals surface area (Å²) in [7, 11) is -2.06. The van der Waals surface area contributed by atoms with Crippen LogP contribution in [-0.2, 0) is 26.0 Å². The van der Waals surface area contributed by atoms with Crippen LogP contribution >= 0.6 is 11.3 Å². The van der Waals surface area contributed by atoms with Gasteiger partial charge in [0.2, 0.25) is 5.91 Å². The molecule has 0 spiro atoms. The van der Waals surface area contributed by atoms with Crippen LogP contribution in [0.5, 0.6) is 5.75 Å². The van der Waals surface area contributed by atoms with Gasteiger partial charge in [0.25, 0.3) is 0 Å². The first-order valence-electron chi connectivity index (χ1n) is 11.3. The Kier molecular flexibility index (Phi) is 9.19. The van der Waals surface area contributed by atoms with Gasteiger partial charge in [0, 0.05) is 11.4 Å². The molecule has 1 aliphatic rings. The number of nitrogen functional groups attached to an aromatic ring is 1. The number of nitrogens with zero attached hydrogens (tertiary/aromatic N) is 1. The number of amides is 1. The van der Waals surface area contributed by atoms with Gasteiger partial charge in [-0.2, -0.15) is 13.2 Å². The minimum Gasteiger partial charge on any atom is -0.497 e. The molecule has 0 bridgehead atoms. The number of fused-ring (bicyclic) bond motifs is 1. The largest absolute Gasteiger partial charge is 0.497 e. The molecule has 1 aromatic heterocycles. The van der Waals surface area contributed by atoms with E-state index in [1.807, 2.05) is 18.2 Å². The fourth-order valence-electron chi connectivity index (χ4n) is 3.70. The molecule has 1 atom stereocenters. The van der Waals surface area contributed by atoms with Crippen LogP contribution in [0.3, 0.4) is 0 Å². The number of amidine groups is 1. The lowest BCUT2D eigenvalue weighted by atomic mass is 10.1. The molecule has 0 saturated carbocycles. The average molecular weight is 587 g/mol. The van der Waals surface area contributed by atoms with E-state index in [1.54, 1.807) is 42.3 Å². The van der Waals surface area contributed by atoms with Crippen LogP contribution < -0.4 is 15.8 Å². The van der Waals surface area contributed by atoms with Gasteiger partial charge in [0.05, 0.1) is 29.5 Å². The Bertz CT molecular complexity index is 1490. The molecule has 2 aromatic carbocycles. The minimum atomic E-state index is -5.08. The van der Waals surface area contributed by atoms with Crippen molar-refractivity contribution in [2.75, 3.05) is 19.5 Å². The maximum Gasteiger partial charge on any atom is 0.490 e. The third-order valence-corrected chi connectivity index (χ3v) is 8.33. The van der Waals surface area contributed by atoms with Gasteiger partial charge in [-0.25, -0.2) is 13.2 Å². The highest BCUT2D eigenvalue weighted by Gasteiger charge is 2.38. The number of aliphatic carboxylic acids is 1. The number of alkyl halides is 3. The van der Waals surface area contributed by atoms with Gasteiger partial charge in [-0.05, 0) is 53.6 Å². The van der Waals surface area contributed by atoms with Gasteiger partial charge in [0.15, 0.2) is 9.84 Å². The number of halogens is 3. The molecule has 3 aromatic rings. The first-order chi connectivity index (χ1) is 18.2. The number of methoxy groups -OCH3 is 1. The molecule has 1 fully saturated rings. The van der Waals surface area contributed by atoms with Crippen molar-refractivity contribution in [3.05, 3.63) is 58.3 Å². The van der Waals surface area contributed by atoms with Crippen LogP contribution in [0.2, 0.25) is 0 Å². The lowest BCUT2D eigenvalue weighted by Crippen LogP contribution is -2.40. The first kappa shape index (κ1) is 29.9. The van der Waals surface area contributed by atoms with Crippen molar-refractivity contribution < 1.29 is 41.0 Å². The summed E-state index contributed by atoms with van der Waals surface area (Å²) in [5.74, 6) is -2.54. The van der Waals surface area contributed by atoms with Crippen LogP contribution in [0.1, 0.15) is 16.2 Å². The summed E-state index contributed by atoms with van der Waals surface area (Å²) in [4.78, 5) is 25.1. The molecule has 5 N–H and O–H groups in total. The Morgan fingerprint density at radius 2 is 1.87 bits per heavy atom.